The average Bonchev–Trinajstić information content (AvgIpc) is 3.55. The van der Waals surface area contributed by atoms with Gasteiger partial charge in [-0.15, -0.1) is 0 Å². The molecule has 0 bridgehead atoms. The molecule has 1 atom stereocenters. The molecule has 0 N–H and O–H groups in total. The molecule has 0 saturated carbocycles. The van der Waals surface area contributed by atoms with Crippen molar-refractivity contribution in [1.82, 2.24) is 9.97 Å². The number of hydrogen-bond acceptors (Lipinski definition) is 2. The third kappa shape index (κ3) is 2.02. The summed E-state index contributed by atoms with van der Waals surface area (Å²) in [6.45, 7) is 0. The molecule has 9 rings (SSSR count). The van der Waals surface area contributed by atoms with E-state index in [-0.39, 0.29) is 5.41 Å². The number of fused-ring (bicyclic) bond motifs is 15. The van der Waals surface area contributed by atoms with E-state index in [1.807, 2.05) is 18.5 Å². The Labute approximate surface area is 208 Å². The Balaban J connectivity index is 1.46. The summed E-state index contributed by atoms with van der Waals surface area (Å²) < 4.78 is 0. The number of rotatable bonds is 0. The quantitative estimate of drug-likeness (QED) is 0.235. The monoisotopic (exact) mass is 456 g/mol. The van der Waals surface area contributed by atoms with Crippen molar-refractivity contribution in [3.63, 3.8) is 0 Å². The van der Waals surface area contributed by atoms with Crippen LogP contribution in [0.15, 0.2) is 109 Å². The van der Waals surface area contributed by atoms with Gasteiger partial charge < -0.3 is 0 Å². The van der Waals surface area contributed by atoms with Gasteiger partial charge in [0.05, 0.1) is 16.6 Å². The van der Waals surface area contributed by atoms with Crippen LogP contribution in [0.2, 0.25) is 0 Å². The second-order valence-electron chi connectivity index (χ2n) is 10.1. The van der Waals surface area contributed by atoms with E-state index in [0.29, 0.717) is 0 Å². The first-order valence-corrected chi connectivity index (χ1v) is 12.6. The first-order chi connectivity index (χ1) is 17.9. The van der Waals surface area contributed by atoms with Crippen LogP contribution in [-0.4, -0.2) is 9.97 Å². The van der Waals surface area contributed by atoms with E-state index >= 15 is 0 Å². The molecule has 4 aromatic carbocycles. The third-order valence-corrected chi connectivity index (χ3v) is 8.57. The molecular formula is C34H20N2. The molecule has 0 fully saturated rings. The fraction of sp³-hybridized carbons (Fsp3) is 0.0588. The normalized spacial score (nSPS) is 17.4. The predicted molar refractivity (Wildman–Crippen MR) is 144 cm³/mol. The molecule has 6 aromatic rings. The van der Waals surface area contributed by atoms with Crippen molar-refractivity contribution in [3.8, 4) is 33.5 Å². The van der Waals surface area contributed by atoms with Crippen LogP contribution < -0.4 is 0 Å². The van der Waals surface area contributed by atoms with Gasteiger partial charge >= 0.3 is 0 Å². The molecule has 0 amide bonds. The second kappa shape index (κ2) is 6.35. The highest BCUT2D eigenvalue weighted by Gasteiger charge is 2.52. The number of hydrogen-bond donors (Lipinski definition) is 0. The molecule has 0 aliphatic heterocycles. The molecule has 1 spiro atoms. The maximum Gasteiger partial charge on any atom is 0.0783 e. The fourth-order valence-corrected chi connectivity index (χ4v) is 7.25. The van der Waals surface area contributed by atoms with Crippen LogP contribution in [0.1, 0.15) is 33.4 Å². The van der Waals surface area contributed by atoms with E-state index in [1.165, 1.54) is 66.6 Å². The Morgan fingerprint density at radius 3 is 2.22 bits per heavy atom. The summed E-state index contributed by atoms with van der Waals surface area (Å²) in [5, 5.41) is 1.19. The summed E-state index contributed by atoms with van der Waals surface area (Å²) in [5.74, 6) is 0. The fourth-order valence-electron chi connectivity index (χ4n) is 7.25. The molecule has 2 aromatic heterocycles. The van der Waals surface area contributed by atoms with Gasteiger partial charge in [-0.25, -0.2) is 0 Å². The van der Waals surface area contributed by atoms with Gasteiger partial charge in [0.2, 0.25) is 0 Å². The molecule has 166 valence electrons. The number of benzene rings is 4. The molecule has 0 radical (unpaired) electrons. The molecule has 2 nitrogen and oxygen atoms in total. The maximum atomic E-state index is 4.89. The molecule has 2 heteroatoms. The topological polar surface area (TPSA) is 25.8 Å². The van der Waals surface area contributed by atoms with E-state index in [2.05, 4.69) is 91.0 Å². The lowest BCUT2D eigenvalue weighted by Crippen LogP contribution is -2.26. The van der Waals surface area contributed by atoms with Crippen LogP contribution in [-0.2, 0) is 11.8 Å². The van der Waals surface area contributed by atoms with E-state index in [0.717, 1.165) is 17.6 Å². The number of aromatic nitrogens is 2. The van der Waals surface area contributed by atoms with Gasteiger partial charge in [0.25, 0.3) is 0 Å². The minimum Gasteiger partial charge on any atom is -0.256 e. The van der Waals surface area contributed by atoms with Gasteiger partial charge in [-0.2, -0.15) is 0 Å². The second-order valence-corrected chi connectivity index (χ2v) is 10.1. The van der Waals surface area contributed by atoms with Gasteiger partial charge in [0, 0.05) is 35.3 Å². The van der Waals surface area contributed by atoms with E-state index in [4.69, 9.17) is 9.97 Å². The first kappa shape index (κ1) is 18.7. The van der Waals surface area contributed by atoms with Crippen LogP contribution in [0.3, 0.4) is 0 Å². The van der Waals surface area contributed by atoms with Crippen molar-refractivity contribution in [2.24, 2.45) is 0 Å². The van der Waals surface area contributed by atoms with Crippen LogP contribution in [0.5, 0.6) is 0 Å². The van der Waals surface area contributed by atoms with Crippen molar-refractivity contribution in [3.05, 3.63) is 143 Å². The van der Waals surface area contributed by atoms with Crippen molar-refractivity contribution in [2.75, 3.05) is 0 Å². The Morgan fingerprint density at radius 2 is 1.31 bits per heavy atom. The highest BCUT2D eigenvalue weighted by Crippen LogP contribution is 2.64. The minimum absolute atomic E-state index is 0.346. The van der Waals surface area contributed by atoms with Gasteiger partial charge in [0.15, 0.2) is 0 Å². The summed E-state index contributed by atoms with van der Waals surface area (Å²) in [7, 11) is 0. The summed E-state index contributed by atoms with van der Waals surface area (Å²) in [6.07, 6.45) is 4.77. The zero-order valence-electron chi connectivity index (χ0n) is 19.5. The zero-order chi connectivity index (χ0) is 23.4. The summed E-state index contributed by atoms with van der Waals surface area (Å²) >= 11 is 0. The third-order valence-electron chi connectivity index (χ3n) is 8.57. The average molecular weight is 457 g/mol. The van der Waals surface area contributed by atoms with Gasteiger partial charge in [-0.05, 0) is 68.3 Å². The largest absolute Gasteiger partial charge is 0.256 e. The van der Waals surface area contributed by atoms with Gasteiger partial charge in [0.1, 0.15) is 0 Å². The summed E-state index contributed by atoms with van der Waals surface area (Å²) in [5.41, 5.74) is 16.5. The molecule has 1 unspecified atom stereocenters. The Hall–Kier alpha value is -4.56. The molecule has 0 saturated heterocycles. The Kier molecular flexibility index (Phi) is 3.31. The first-order valence-electron chi connectivity index (χ1n) is 12.6. The van der Waals surface area contributed by atoms with Crippen LogP contribution in [0.4, 0.5) is 0 Å². The highest BCUT2D eigenvalue weighted by atomic mass is 14.7. The minimum atomic E-state index is -0.346. The lowest BCUT2D eigenvalue weighted by molar-refractivity contribution is 0.793. The standard InChI is InChI=1S/C34H20N2/c1-3-11-27-23(9-1)26-19-25-22(17-21-8-6-15-35-32(21)25)18-30(26)34(27)28-12-4-2-10-24(28)31-29(34)14-13-20-7-5-16-36-33(20)31/h1-16,18-19H,17H2. The molecule has 2 heterocycles. The summed E-state index contributed by atoms with van der Waals surface area (Å²) in [6, 6.07) is 35.9. The van der Waals surface area contributed by atoms with Gasteiger partial charge in [-0.3, -0.25) is 9.97 Å². The Morgan fingerprint density at radius 1 is 0.528 bits per heavy atom. The van der Waals surface area contributed by atoms with Crippen LogP contribution >= 0.6 is 0 Å². The maximum absolute atomic E-state index is 4.89. The molecule has 36 heavy (non-hydrogen) atoms. The van der Waals surface area contributed by atoms with E-state index in [1.54, 1.807) is 0 Å². The molecule has 3 aliphatic carbocycles. The highest BCUT2D eigenvalue weighted by molar-refractivity contribution is 6.04. The van der Waals surface area contributed by atoms with Crippen molar-refractivity contribution < 1.29 is 0 Å². The van der Waals surface area contributed by atoms with E-state index < -0.39 is 0 Å². The smallest absolute Gasteiger partial charge is 0.0783 e. The van der Waals surface area contributed by atoms with Gasteiger partial charge in [-0.1, -0.05) is 78.9 Å². The lowest BCUT2D eigenvalue weighted by Gasteiger charge is -2.30. The van der Waals surface area contributed by atoms with E-state index in [9.17, 15) is 0 Å². The SMILES string of the molecule is c1cnc2c(c1)Cc1cc3c(cc1-2)-c1ccccc1C31c2ccccc2-c2c1ccc1cccnc21. The molecule has 3 aliphatic rings. The van der Waals surface area contributed by atoms with Crippen LogP contribution in [0.25, 0.3) is 44.4 Å². The Bertz CT molecular complexity index is 1930. The zero-order valence-corrected chi connectivity index (χ0v) is 19.5. The summed E-state index contributed by atoms with van der Waals surface area (Å²) in [4.78, 5) is 9.66. The number of nitrogens with zero attached hydrogens (tertiary/aromatic N) is 2. The van der Waals surface area contributed by atoms with Crippen molar-refractivity contribution in [2.45, 2.75) is 11.8 Å². The van der Waals surface area contributed by atoms with Crippen molar-refractivity contribution >= 4 is 10.9 Å². The molecular weight excluding hydrogens is 436 g/mol. The van der Waals surface area contributed by atoms with Crippen molar-refractivity contribution in [1.29, 1.82) is 0 Å². The predicted octanol–water partition coefficient (Wildman–Crippen LogP) is 7.54. The van der Waals surface area contributed by atoms with Crippen LogP contribution in [0, 0.1) is 0 Å². The lowest BCUT2D eigenvalue weighted by atomic mass is 9.70. The number of pyridine rings is 2.